The lowest BCUT2D eigenvalue weighted by Crippen LogP contribution is -2.53. The maximum Gasteiger partial charge on any atom is 0.398 e. The first-order chi connectivity index (χ1) is 8.70. The van der Waals surface area contributed by atoms with Gasteiger partial charge in [-0.05, 0) is 5.57 Å². The standard InChI is InChI=1S/C13H16F5N/c1-3-5-10(4-2)8-19-7-6-12(14,15)11(9-19)13(16,17)18/h3-5,11H,1-2,6-9H2/b10-5+. The Morgan fingerprint density at radius 3 is 2.42 bits per heavy atom. The van der Waals surface area contributed by atoms with Gasteiger partial charge in [0.05, 0.1) is 0 Å². The maximum atomic E-state index is 13.3. The van der Waals surface area contributed by atoms with E-state index in [-0.39, 0.29) is 13.1 Å². The largest absolute Gasteiger partial charge is 0.398 e. The fourth-order valence-corrected chi connectivity index (χ4v) is 2.05. The van der Waals surface area contributed by atoms with E-state index in [9.17, 15) is 22.0 Å². The summed E-state index contributed by atoms with van der Waals surface area (Å²) in [5.41, 5.74) is 0.654. The van der Waals surface area contributed by atoms with E-state index >= 15 is 0 Å². The van der Waals surface area contributed by atoms with Crippen molar-refractivity contribution in [2.75, 3.05) is 19.6 Å². The second-order valence-corrected chi connectivity index (χ2v) is 4.52. The third-order valence-corrected chi connectivity index (χ3v) is 3.11. The van der Waals surface area contributed by atoms with Crippen LogP contribution >= 0.6 is 0 Å². The summed E-state index contributed by atoms with van der Waals surface area (Å²) in [6.07, 6.45) is -1.11. The number of likely N-dealkylation sites (tertiary alicyclic amines) is 1. The SMILES string of the molecule is C=C/C=C(\C=C)CN1CCC(F)(F)C(C(F)(F)F)C1. The molecule has 6 heteroatoms. The number of hydrogen-bond donors (Lipinski definition) is 0. The maximum absolute atomic E-state index is 13.3. The van der Waals surface area contributed by atoms with Crippen LogP contribution in [0.3, 0.4) is 0 Å². The molecule has 1 atom stereocenters. The van der Waals surface area contributed by atoms with Gasteiger partial charge in [0.25, 0.3) is 5.92 Å². The summed E-state index contributed by atoms with van der Waals surface area (Å²) >= 11 is 0. The van der Waals surface area contributed by atoms with Crippen LogP contribution in [0.1, 0.15) is 6.42 Å². The van der Waals surface area contributed by atoms with Crippen molar-refractivity contribution in [2.45, 2.75) is 18.5 Å². The lowest BCUT2D eigenvalue weighted by molar-refractivity contribution is -0.257. The monoisotopic (exact) mass is 281 g/mol. The second kappa shape index (κ2) is 5.86. The Kier molecular flexibility index (Phi) is 4.90. The van der Waals surface area contributed by atoms with Gasteiger partial charge in [-0.25, -0.2) is 8.78 Å². The fraction of sp³-hybridized carbons (Fsp3) is 0.538. The average molecular weight is 281 g/mol. The molecule has 0 N–H and O–H groups in total. The molecule has 108 valence electrons. The molecule has 1 fully saturated rings. The normalized spacial score (nSPS) is 25.1. The summed E-state index contributed by atoms with van der Waals surface area (Å²) in [6.45, 7) is 6.41. The van der Waals surface area contributed by atoms with Crippen LogP contribution in [0.25, 0.3) is 0 Å². The van der Waals surface area contributed by atoms with Crippen molar-refractivity contribution in [3.63, 3.8) is 0 Å². The van der Waals surface area contributed by atoms with Gasteiger partial charge < -0.3 is 0 Å². The first-order valence-corrected chi connectivity index (χ1v) is 5.81. The van der Waals surface area contributed by atoms with Gasteiger partial charge in [-0.3, -0.25) is 4.90 Å². The van der Waals surface area contributed by atoms with Gasteiger partial charge in [-0.15, -0.1) is 0 Å². The van der Waals surface area contributed by atoms with E-state index < -0.39 is 31.0 Å². The molecular weight excluding hydrogens is 265 g/mol. The van der Waals surface area contributed by atoms with Crippen LogP contribution < -0.4 is 0 Å². The minimum atomic E-state index is -4.89. The Balaban J connectivity index is 2.79. The van der Waals surface area contributed by atoms with Crippen LogP contribution in [0.4, 0.5) is 22.0 Å². The molecule has 0 radical (unpaired) electrons. The van der Waals surface area contributed by atoms with Gasteiger partial charge in [0, 0.05) is 26.1 Å². The van der Waals surface area contributed by atoms with Crippen molar-refractivity contribution in [3.05, 3.63) is 37.0 Å². The highest BCUT2D eigenvalue weighted by molar-refractivity contribution is 5.22. The van der Waals surface area contributed by atoms with E-state index in [2.05, 4.69) is 13.2 Å². The van der Waals surface area contributed by atoms with Gasteiger partial charge in [-0.1, -0.05) is 31.4 Å². The highest BCUT2D eigenvalue weighted by Crippen LogP contribution is 2.43. The zero-order valence-corrected chi connectivity index (χ0v) is 10.4. The van der Waals surface area contributed by atoms with Gasteiger partial charge in [0.1, 0.15) is 5.92 Å². The van der Waals surface area contributed by atoms with Gasteiger partial charge in [-0.2, -0.15) is 13.2 Å². The summed E-state index contributed by atoms with van der Waals surface area (Å²) in [5.74, 6) is -6.30. The number of hydrogen-bond acceptors (Lipinski definition) is 1. The Morgan fingerprint density at radius 2 is 1.95 bits per heavy atom. The first-order valence-electron chi connectivity index (χ1n) is 5.81. The van der Waals surface area contributed by atoms with Crippen molar-refractivity contribution in [3.8, 4) is 0 Å². The van der Waals surface area contributed by atoms with Gasteiger partial charge in [0.2, 0.25) is 0 Å². The molecule has 0 aromatic heterocycles. The Morgan fingerprint density at radius 1 is 1.32 bits per heavy atom. The van der Waals surface area contributed by atoms with Gasteiger partial charge >= 0.3 is 6.18 Å². The molecule has 0 saturated carbocycles. The number of piperidine rings is 1. The van der Waals surface area contributed by atoms with E-state index in [1.807, 2.05) is 0 Å². The third-order valence-electron chi connectivity index (χ3n) is 3.11. The number of halogens is 5. The summed E-state index contributed by atoms with van der Waals surface area (Å²) in [6, 6.07) is 0. The summed E-state index contributed by atoms with van der Waals surface area (Å²) in [7, 11) is 0. The van der Waals surface area contributed by atoms with E-state index in [1.165, 1.54) is 17.1 Å². The van der Waals surface area contributed by atoms with E-state index in [0.29, 0.717) is 5.57 Å². The Bertz CT molecular complexity index is 370. The zero-order chi connectivity index (χ0) is 14.7. The van der Waals surface area contributed by atoms with Crippen molar-refractivity contribution in [1.82, 2.24) is 4.90 Å². The average Bonchev–Trinajstić information content (AvgIpc) is 2.29. The van der Waals surface area contributed by atoms with Crippen molar-refractivity contribution in [1.29, 1.82) is 0 Å². The molecule has 1 aliphatic rings. The van der Waals surface area contributed by atoms with Crippen LogP contribution in [0.15, 0.2) is 37.0 Å². The van der Waals surface area contributed by atoms with Crippen molar-refractivity contribution >= 4 is 0 Å². The predicted molar refractivity (Wildman–Crippen MR) is 64.0 cm³/mol. The topological polar surface area (TPSA) is 3.24 Å². The molecule has 1 unspecified atom stereocenters. The molecule has 0 bridgehead atoms. The molecule has 0 aromatic carbocycles. The number of nitrogens with zero attached hydrogens (tertiary/aromatic N) is 1. The Labute approximate surface area is 109 Å². The molecule has 1 heterocycles. The number of alkyl halides is 5. The second-order valence-electron chi connectivity index (χ2n) is 4.52. The smallest absolute Gasteiger partial charge is 0.298 e. The summed E-state index contributed by atoms with van der Waals surface area (Å²) in [4.78, 5) is 1.37. The molecule has 1 saturated heterocycles. The quantitative estimate of drug-likeness (QED) is 0.559. The molecule has 0 amide bonds. The van der Waals surface area contributed by atoms with Crippen LogP contribution in [0.2, 0.25) is 0 Å². The fourth-order valence-electron chi connectivity index (χ4n) is 2.05. The van der Waals surface area contributed by atoms with Crippen LogP contribution in [0.5, 0.6) is 0 Å². The van der Waals surface area contributed by atoms with Gasteiger partial charge in [0.15, 0.2) is 0 Å². The van der Waals surface area contributed by atoms with Crippen LogP contribution in [-0.2, 0) is 0 Å². The highest BCUT2D eigenvalue weighted by atomic mass is 19.4. The molecule has 0 aromatic rings. The molecule has 1 aliphatic heterocycles. The molecule has 1 nitrogen and oxygen atoms in total. The molecule has 0 aliphatic carbocycles. The number of allylic oxidation sites excluding steroid dienone is 2. The van der Waals surface area contributed by atoms with E-state index in [4.69, 9.17) is 0 Å². The molecule has 1 rings (SSSR count). The molecular formula is C13H16F5N. The lowest BCUT2D eigenvalue weighted by Gasteiger charge is -2.39. The minimum Gasteiger partial charge on any atom is -0.298 e. The molecule has 0 spiro atoms. The minimum absolute atomic E-state index is 0.0676. The van der Waals surface area contributed by atoms with E-state index in [0.717, 1.165) is 0 Å². The van der Waals surface area contributed by atoms with E-state index in [1.54, 1.807) is 6.08 Å². The highest BCUT2D eigenvalue weighted by Gasteiger charge is 2.57. The molecule has 19 heavy (non-hydrogen) atoms. The predicted octanol–water partition coefficient (Wildman–Crippen LogP) is 3.80. The zero-order valence-electron chi connectivity index (χ0n) is 10.4. The first kappa shape index (κ1) is 15.9. The van der Waals surface area contributed by atoms with Crippen LogP contribution in [-0.4, -0.2) is 36.6 Å². The van der Waals surface area contributed by atoms with Crippen LogP contribution in [0, 0.1) is 5.92 Å². The summed E-state index contributed by atoms with van der Waals surface area (Å²) in [5, 5.41) is 0. The third kappa shape index (κ3) is 4.16. The lowest BCUT2D eigenvalue weighted by atomic mass is 9.92. The number of rotatable bonds is 4. The summed E-state index contributed by atoms with van der Waals surface area (Å²) < 4.78 is 64.5. The van der Waals surface area contributed by atoms with Crippen molar-refractivity contribution < 1.29 is 22.0 Å². The van der Waals surface area contributed by atoms with Crippen molar-refractivity contribution in [2.24, 2.45) is 5.92 Å². The Hall–Kier alpha value is -1.17.